The van der Waals surface area contributed by atoms with Gasteiger partial charge in [-0.25, -0.2) is 4.79 Å². The second-order valence-electron chi connectivity index (χ2n) is 4.25. The number of rotatable bonds is 4. The van der Waals surface area contributed by atoms with Crippen molar-refractivity contribution in [2.75, 3.05) is 30.4 Å². The maximum absolute atomic E-state index is 11.2. The number of carbonyl (C=O) groups excluding carboxylic acids is 1. The smallest absolute Gasteiger partial charge is 0.411 e. The molecule has 1 N–H and O–H groups in total. The van der Waals surface area contributed by atoms with E-state index in [4.69, 9.17) is 0 Å². The Hall–Kier alpha value is -1.71. The van der Waals surface area contributed by atoms with Crippen LogP contribution in [0.1, 0.15) is 25.0 Å². The summed E-state index contributed by atoms with van der Waals surface area (Å²) in [6, 6.07) is 3.94. The van der Waals surface area contributed by atoms with Gasteiger partial charge in [0.05, 0.1) is 7.11 Å². The lowest BCUT2D eigenvalue weighted by Gasteiger charge is -2.26. The number of ether oxygens (including phenoxy) is 1. The maximum atomic E-state index is 11.2. The number of nitrogens with one attached hydrogen (secondary N) is 1. The quantitative estimate of drug-likeness (QED) is 0.891. The molecule has 100 valence electrons. The Morgan fingerprint density at radius 2 is 1.72 bits per heavy atom. The van der Waals surface area contributed by atoms with Crippen LogP contribution in [0.4, 0.5) is 16.2 Å². The molecule has 0 atom stereocenters. The van der Waals surface area contributed by atoms with E-state index in [9.17, 15) is 4.79 Å². The molecule has 0 saturated heterocycles. The first-order chi connectivity index (χ1) is 8.53. The first-order valence-corrected chi connectivity index (χ1v) is 6.24. The molecular weight excluding hydrogens is 228 g/mol. The van der Waals surface area contributed by atoms with Gasteiger partial charge in [0, 0.05) is 24.5 Å². The second-order valence-corrected chi connectivity index (χ2v) is 4.25. The Morgan fingerprint density at radius 3 is 2.11 bits per heavy atom. The highest BCUT2D eigenvalue weighted by molar-refractivity contribution is 5.85. The highest BCUT2D eigenvalue weighted by Crippen LogP contribution is 2.28. The molecule has 0 spiro atoms. The van der Waals surface area contributed by atoms with E-state index in [1.165, 1.54) is 12.8 Å². The van der Waals surface area contributed by atoms with E-state index in [0.29, 0.717) is 0 Å². The summed E-state index contributed by atoms with van der Waals surface area (Å²) < 4.78 is 4.59. The Kier molecular flexibility index (Phi) is 5.01. The highest BCUT2D eigenvalue weighted by Gasteiger charge is 2.11. The van der Waals surface area contributed by atoms with Crippen LogP contribution in [-0.2, 0) is 4.74 Å². The summed E-state index contributed by atoms with van der Waals surface area (Å²) in [7, 11) is 1.36. The van der Waals surface area contributed by atoms with Gasteiger partial charge in [-0.1, -0.05) is 0 Å². The molecule has 0 heterocycles. The van der Waals surface area contributed by atoms with Crippen molar-refractivity contribution < 1.29 is 9.53 Å². The molecule has 0 aromatic heterocycles. The molecule has 0 unspecified atom stereocenters. The molecule has 18 heavy (non-hydrogen) atoms. The monoisotopic (exact) mass is 250 g/mol. The molecule has 0 aliphatic heterocycles. The normalized spacial score (nSPS) is 10.1. The van der Waals surface area contributed by atoms with Gasteiger partial charge in [0.25, 0.3) is 0 Å². The molecule has 0 saturated carbocycles. The number of hydrogen-bond acceptors (Lipinski definition) is 3. The highest BCUT2D eigenvalue weighted by atomic mass is 16.5. The Labute approximate surface area is 109 Å². The Bertz CT molecular complexity index is 403. The first-order valence-electron chi connectivity index (χ1n) is 6.24. The van der Waals surface area contributed by atoms with Crippen molar-refractivity contribution in [2.24, 2.45) is 0 Å². The van der Waals surface area contributed by atoms with Gasteiger partial charge in [-0.05, 0) is 51.0 Å². The Balaban J connectivity index is 3.08. The lowest BCUT2D eigenvalue weighted by Crippen LogP contribution is -2.24. The third-order valence-electron chi connectivity index (χ3n) is 3.00. The SMILES string of the molecule is CCN(CC)c1c(C)cc(NC(=O)OC)cc1C. The van der Waals surface area contributed by atoms with Crippen molar-refractivity contribution >= 4 is 17.5 Å². The molecule has 0 radical (unpaired) electrons. The average molecular weight is 250 g/mol. The third-order valence-corrected chi connectivity index (χ3v) is 3.00. The van der Waals surface area contributed by atoms with Gasteiger partial charge in [-0.2, -0.15) is 0 Å². The molecule has 1 amide bonds. The molecular formula is C14H22N2O2. The van der Waals surface area contributed by atoms with Gasteiger partial charge in [0.15, 0.2) is 0 Å². The minimum Gasteiger partial charge on any atom is -0.453 e. The average Bonchev–Trinajstić information content (AvgIpc) is 2.33. The van der Waals surface area contributed by atoms with Crippen molar-refractivity contribution in [3.05, 3.63) is 23.3 Å². The van der Waals surface area contributed by atoms with Crippen LogP contribution in [0.15, 0.2) is 12.1 Å². The van der Waals surface area contributed by atoms with E-state index in [-0.39, 0.29) is 0 Å². The van der Waals surface area contributed by atoms with Gasteiger partial charge < -0.3 is 9.64 Å². The summed E-state index contributed by atoms with van der Waals surface area (Å²) >= 11 is 0. The molecule has 0 aliphatic rings. The molecule has 0 aliphatic carbocycles. The molecule has 1 aromatic rings. The zero-order valence-electron chi connectivity index (χ0n) is 11.8. The summed E-state index contributed by atoms with van der Waals surface area (Å²) in [5.74, 6) is 0. The van der Waals surface area contributed by atoms with Gasteiger partial charge in [-0.15, -0.1) is 0 Å². The molecule has 1 aromatic carbocycles. The van der Waals surface area contributed by atoms with E-state index in [1.807, 2.05) is 12.1 Å². The van der Waals surface area contributed by atoms with E-state index in [2.05, 4.69) is 42.6 Å². The van der Waals surface area contributed by atoms with Crippen molar-refractivity contribution in [2.45, 2.75) is 27.7 Å². The number of hydrogen-bond donors (Lipinski definition) is 1. The van der Waals surface area contributed by atoms with Crippen LogP contribution < -0.4 is 10.2 Å². The summed E-state index contributed by atoms with van der Waals surface area (Å²) in [5.41, 5.74) is 4.33. The fraction of sp³-hybridized carbons (Fsp3) is 0.500. The van der Waals surface area contributed by atoms with Gasteiger partial charge in [0.1, 0.15) is 0 Å². The largest absolute Gasteiger partial charge is 0.453 e. The van der Waals surface area contributed by atoms with E-state index < -0.39 is 6.09 Å². The predicted molar refractivity (Wildman–Crippen MR) is 75.5 cm³/mol. The Morgan fingerprint density at radius 1 is 1.22 bits per heavy atom. The molecule has 4 heteroatoms. The fourth-order valence-electron chi connectivity index (χ4n) is 2.24. The topological polar surface area (TPSA) is 41.6 Å². The van der Waals surface area contributed by atoms with Crippen LogP contribution in [0.25, 0.3) is 0 Å². The minimum absolute atomic E-state index is 0.440. The van der Waals surface area contributed by atoms with Gasteiger partial charge in [-0.3, -0.25) is 5.32 Å². The fourth-order valence-corrected chi connectivity index (χ4v) is 2.24. The molecule has 4 nitrogen and oxygen atoms in total. The van der Waals surface area contributed by atoms with E-state index >= 15 is 0 Å². The number of amides is 1. The molecule has 1 rings (SSSR count). The zero-order chi connectivity index (χ0) is 13.7. The lowest BCUT2D eigenvalue weighted by molar-refractivity contribution is 0.187. The van der Waals surface area contributed by atoms with Crippen LogP contribution in [-0.4, -0.2) is 26.3 Å². The summed E-state index contributed by atoms with van der Waals surface area (Å²) in [5, 5.41) is 2.70. The summed E-state index contributed by atoms with van der Waals surface area (Å²) in [6.07, 6.45) is -0.440. The van der Waals surface area contributed by atoms with Crippen LogP contribution in [0.3, 0.4) is 0 Å². The maximum Gasteiger partial charge on any atom is 0.411 e. The zero-order valence-corrected chi connectivity index (χ0v) is 11.8. The van der Waals surface area contributed by atoms with Gasteiger partial charge in [0.2, 0.25) is 0 Å². The number of benzene rings is 1. The predicted octanol–water partition coefficient (Wildman–Crippen LogP) is 3.33. The third kappa shape index (κ3) is 3.15. The molecule has 0 bridgehead atoms. The van der Waals surface area contributed by atoms with Crippen LogP contribution in [0.5, 0.6) is 0 Å². The van der Waals surface area contributed by atoms with E-state index in [1.54, 1.807) is 0 Å². The summed E-state index contributed by atoms with van der Waals surface area (Å²) in [6.45, 7) is 10.3. The number of aryl methyl sites for hydroxylation is 2. The number of anilines is 2. The van der Waals surface area contributed by atoms with Crippen molar-refractivity contribution in [3.8, 4) is 0 Å². The van der Waals surface area contributed by atoms with Crippen molar-refractivity contribution in [1.82, 2.24) is 0 Å². The first kappa shape index (κ1) is 14.4. The molecule has 0 fully saturated rings. The van der Waals surface area contributed by atoms with Gasteiger partial charge >= 0.3 is 6.09 Å². The summed E-state index contributed by atoms with van der Waals surface area (Å²) in [4.78, 5) is 13.5. The minimum atomic E-state index is -0.440. The number of carbonyl (C=O) groups is 1. The van der Waals surface area contributed by atoms with Crippen LogP contribution in [0, 0.1) is 13.8 Å². The van der Waals surface area contributed by atoms with Crippen LogP contribution >= 0.6 is 0 Å². The van der Waals surface area contributed by atoms with Crippen molar-refractivity contribution in [1.29, 1.82) is 0 Å². The second kappa shape index (κ2) is 6.28. The number of methoxy groups -OCH3 is 1. The van der Waals surface area contributed by atoms with Crippen LogP contribution in [0.2, 0.25) is 0 Å². The van der Waals surface area contributed by atoms with Crippen molar-refractivity contribution in [3.63, 3.8) is 0 Å². The van der Waals surface area contributed by atoms with E-state index in [0.717, 1.165) is 29.9 Å². The standard InChI is InChI=1S/C14H22N2O2/c1-6-16(7-2)13-10(3)8-12(9-11(13)4)15-14(17)18-5/h8-9H,6-7H2,1-5H3,(H,15,17). The lowest BCUT2D eigenvalue weighted by atomic mass is 10.1. The number of nitrogens with zero attached hydrogens (tertiary/aromatic N) is 1.